The highest BCUT2D eigenvalue weighted by Crippen LogP contribution is 2.43. The second-order valence-corrected chi connectivity index (χ2v) is 8.03. The summed E-state index contributed by atoms with van der Waals surface area (Å²) in [7, 11) is 0. The van der Waals surface area contributed by atoms with Gasteiger partial charge in [-0.25, -0.2) is 0 Å². The summed E-state index contributed by atoms with van der Waals surface area (Å²) in [6.45, 7) is 8.48. The first-order valence-corrected chi connectivity index (χ1v) is 10.4. The molecule has 0 amide bonds. The monoisotopic (exact) mass is 396 g/mol. The van der Waals surface area contributed by atoms with Gasteiger partial charge in [0.15, 0.2) is 0 Å². The van der Waals surface area contributed by atoms with Crippen molar-refractivity contribution in [2.24, 2.45) is 0 Å². The lowest BCUT2D eigenvalue weighted by Crippen LogP contribution is -1.92. The smallest absolute Gasteiger partial charge is 0.120 e. The maximum Gasteiger partial charge on any atom is 0.120 e. The second kappa shape index (κ2) is 7.26. The highest BCUT2D eigenvalue weighted by Gasteiger charge is 2.13. The first-order valence-electron chi connectivity index (χ1n) is 9.57. The molecule has 0 aliphatic carbocycles. The summed E-state index contributed by atoms with van der Waals surface area (Å²) >= 11 is 1.82. The molecule has 2 nitrogen and oxygen atoms in total. The Morgan fingerprint density at radius 1 is 0.655 bits per heavy atom. The van der Waals surface area contributed by atoms with Crippen molar-refractivity contribution in [1.29, 1.82) is 0 Å². The van der Waals surface area contributed by atoms with Gasteiger partial charge in [0.25, 0.3) is 0 Å². The molecular weight excluding hydrogens is 376 g/mol. The molecule has 5 aromatic rings. The van der Waals surface area contributed by atoms with Crippen LogP contribution in [-0.4, -0.2) is 13.2 Å². The predicted molar refractivity (Wildman–Crippen MR) is 126 cm³/mol. The van der Waals surface area contributed by atoms with Crippen molar-refractivity contribution < 1.29 is 9.47 Å². The van der Waals surface area contributed by atoms with Crippen LogP contribution in [0.25, 0.3) is 41.7 Å². The van der Waals surface area contributed by atoms with Gasteiger partial charge in [-0.2, -0.15) is 0 Å². The maximum absolute atomic E-state index is 5.81. The number of ether oxygens (including phenoxy) is 2. The fourth-order valence-electron chi connectivity index (χ4n) is 3.85. The van der Waals surface area contributed by atoms with Crippen LogP contribution < -0.4 is 9.47 Å². The summed E-state index contributed by atoms with van der Waals surface area (Å²) in [6.07, 6.45) is 3.53. The number of thiophene rings is 1. The van der Waals surface area contributed by atoms with Gasteiger partial charge in [0.1, 0.15) is 24.7 Å². The molecule has 0 fully saturated rings. The number of fused-ring (bicyclic) bond motifs is 7. The molecule has 3 heteroatoms. The van der Waals surface area contributed by atoms with Crippen molar-refractivity contribution in [3.05, 3.63) is 86.0 Å². The van der Waals surface area contributed by atoms with E-state index in [9.17, 15) is 0 Å². The Kier molecular flexibility index (Phi) is 4.45. The van der Waals surface area contributed by atoms with E-state index >= 15 is 0 Å². The standard InChI is InChI=1S/C26H20O2S/c1-3-13-27-19-9-5-17-7-11-23-25(21(17)15-19)26-22-16-20(28-14-4-2)10-6-18(22)8-12-24(26)29-23/h3-12,15-16H,1-2,13-14H2. The largest absolute Gasteiger partial charge is 0.490 e. The SMILES string of the molecule is C=CCOc1ccc2ccc3sc4ccc5ccc(OCC=C)cc5c4c3c2c1. The molecule has 0 radical (unpaired) electrons. The molecule has 142 valence electrons. The molecule has 5 rings (SSSR count). The van der Waals surface area contributed by atoms with Crippen molar-refractivity contribution in [1.82, 2.24) is 0 Å². The number of rotatable bonds is 6. The van der Waals surface area contributed by atoms with E-state index < -0.39 is 0 Å². The quantitative estimate of drug-likeness (QED) is 0.277. The van der Waals surface area contributed by atoms with Crippen molar-refractivity contribution >= 4 is 53.1 Å². The first kappa shape index (κ1) is 17.8. The normalized spacial score (nSPS) is 11.3. The van der Waals surface area contributed by atoms with E-state index in [2.05, 4.69) is 61.7 Å². The van der Waals surface area contributed by atoms with Crippen molar-refractivity contribution in [3.63, 3.8) is 0 Å². The van der Waals surface area contributed by atoms with Crippen LogP contribution in [0, 0.1) is 0 Å². The second-order valence-electron chi connectivity index (χ2n) is 6.94. The van der Waals surface area contributed by atoms with Crippen molar-refractivity contribution in [2.45, 2.75) is 0 Å². The predicted octanol–water partition coefficient (Wildman–Crippen LogP) is 7.49. The first-order chi connectivity index (χ1) is 14.3. The number of hydrogen-bond donors (Lipinski definition) is 0. The van der Waals surface area contributed by atoms with Gasteiger partial charge in [-0.3, -0.25) is 0 Å². The van der Waals surface area contributed by atoms with Gasteiger partial charge in [-0.1, -0.05) is 49.6 Å². The number of benzene rings is 4. The molecule has 0 N–H and O–H groups in total. The van der Waals surface area contributed by atoms with Crippen LogP contribution >= 0.6 is 11.3 Å². The zero-order valence-corrected chi connectivity index (χ0v) is 16.8. The van der Waals surface area contributed by atoms with E-state index in [0.29, 0.717) is 13.2 Å². The minimum atomic E-state index is 0.499. The average molecular weight is 397 g/mol. The van der Waals surface area contributed by atoms with Crippen LogP contribution in [0.15, 0.2) is 86.0 Å². The van der Waals surface area contributed by atoms with Crippen LogP contribution in [0.3, 0.4) is 0 Å². The van der Waals surface area contributed by atoms with Gasteiger partial charge in [-0.05, 0) is 57.9 Å². The summed E-state index contributed by atoms with van der Waals surface area (Å²) in [5, 5.41) is 7.38. The lowest BCUT2D eigenvalue weighted by molar-refractivity contribution is 0.363. The van der Waals surface area contributed by atoms with Crippen LogP contribution in [0.4, 0.5) is 0 Å². The maximum atomic E-state index is 5.81. The van der Waals surface area contributed by atoms with Gasteiger partial charge in [-0.15, -0.1) is 11.3 Å². The fraction of sp³-hybridized carbons (Fsp3) is 0.0769. The molecule has 0 aliphatic rings. The molecule has 0 bridgehead atoms. The fourth-order valence-corrected chi connectivity index (χ4v) is 4.99. The van der Waals surface area contributed by atoms with Crippen molar-refractivity contribution in [3.8, 4) is 11.5 Å². The van der Waals surface area contributed by atoms with E-state index in [-0.39, 0.29) is 0 Å². The molecule has 0 saturated carbocycles. The number of hydrogen-bond acceptors (Lipinski definition) is 3. The molecule has 4 aromatic carbocycles. The summed E-state index contributed by atoms with van der Waals surface area (Å²) in [6, 6.07) is 21.4. The van der Waals surface area contributed by atoms with Gasteiger partial charge < -0.3 is 9.47 Å². The van der Waals surface area contributed by atoms with Gasteiger partial charge in [0, 0.05) is 20.2 Å². The van der Waals surface area contributed by atoms with Gasteiger partial charge >= 0.3 is 0 Å². The summed E-state index contributed by atoms with van der Waals surface area (Å²) in [5.74, 6) is 1.72. The lowest BCUT2D eigenvalue weighted by Gasteiger charge is -2.08. The zero-order chi connectivity index (χ0) is 19.8. The average Bonchev–Trinajstić information content (AvgIpc) is 3.15. The van der Waals surface area contributed by atoms with Crippen LogP contribution in [0.2, 0.25) is 0 Å². The van der Waals surface area contributed by atoms with Gasteiger partial charge in [0.2, 0.25) is 0 Å². The van der Waals surface area contributed by atoms with Gasteiger partial charge in [0.05, 0.1) is 0 Å². The third kappa shape index (κ3) is 3.04. The Morgan fingerprint density at radius 2 is 1.10 bits per heavy atom. The molecule has 1 heterocycles. The van der Waals surface area contributed by atoms with E-state index in [1.807, 2.05) is 23.5 Å². The lowest BCUT2D eigenvalue weighted by atomic mass is 9.99. The van der Waals surface area contributed by atoms with E-state index in [1.54, 1.807) is 12.2 Å². The zero-order valence-electron chi connectivity index (χ0n) is 16.0. The molecule has 29 heavy (non-hydrogen) atoms. The highest BCUT2D eigenvalue weighted by molar-refractivity contribution is 7.26. The van der Waals surface area contributed by atoms with Crippen LogP contribution in [0.1, 0.15) is 0 Å². The summed E-state index contributed by atoms with van der Waals surface area (Å²) in [5.41, 5.74) is 0. The molecule has 0 aliphatic heterocycles. The van der Waals surface area contributed by atoms with Crippen LogP contribution in [0.5, 0.6) is 11.5 Å². The molecule has 0 atom stereocenters. The Bertz CT molecular complexity index is 1290. The van der Waals surface area contributed by atoms with E-state index in [4.69, 9.17) is 9.47 Å². The minimum absolute atomic E-state index is 0.499. The molecule has 0 spiro atoms. The molecule has 1 aromatic heterocycles. The molecule has 0 unspecified atom stereocenters. The van der Waals surface area contributed by atoms with Crippen LogP contribution in [-0.2, 0) is 0 Å². The third-order valence-corrected chi connectivity index (χ3v) is 6.24. The summed E-state index contributed by atoms with van der Waals surface area (Å²) in [4.78, 5) is 0. The highest BCUT2D eigenvalue weighted by atomic mass is 32.1. The topological polar surface area (TPSA) is 18.5 Å². The van der Waals surface area contributed by atoms with E-state index in [1.165, 1.54) is 41.7 Å². The summed E-state index contributed by atoms with van der Waals surface area (Å²) < 4.78 is 14.2. The Balaban J connectivity index is 1.85. The Morgan fingerprint density at radius 3 is 1.55 bits per heavy atom. The minimum Gasteiger partial charge on any atom is -0.490 e. The molecule has 0 saturated heterocycles. The Hall–Kier alpha value is -3.30. The third-order valence-electron chi connectivity index (χ3n) is 5.12. The van der Waals surface area contributed by atoms with E-state index in [0.717, 1.165) is 11.5 Å². The van der Waals surface area contributed by atoms with Crippen molar-refractivity contribution in [2.75, 3.05) is 13.2 Å². The molecular formula is C26H20O2S. The Labute approximate surface area is 173 Å².